The number of fused-ring (bicyclic) bond motifs is 1. The molecule has 0 bridgehead atoms. The molecule has 0 aliphatic carbocycles. The molecule has 1 atom stereocenters. The number of pyridine rings is 1. The summed E-state index contributed by atoms with van der Waals surface area (Å²) in [6, 6.07) is 18.6. The summed E-state index contributed by atoms with van der Waals surface area (Å²) in [5, 5.41) is 35.1. The van der Waals surface area contributed by atoms with E-state index in [1.807, 2.05) is 36.4 Å². The second kappa shape index (κ2) is 9.52. The Hall–Kier alpha value is -3.85. The molecule has 0 spiro atoms. The molecule has 1 unspecified atom stereocenters. The maximum Gasteiger partial charge on any atom is 0.306 e. The minimum Gasteiger partial charge on any atom is -0.487 e. The van der Waals surface area contributed by atoms with Crippen molar-refractivity contribution in [3.8, 4) is 5.75 Å². The predicted octanol–water partition coefficient (Wildman–Crippen LogP) is 3.01. The topological polar surface area (TPSA) is 134 Å². The lowest BCUT2D eigenvalue weighted by Gasteiger charge is -2.27. The van der Waals surface area contributed by atoms with Crippen LogP contribution in [0.5, 0.6) is 5.75 Å². The number of benzene rings is 2. The van der Waals surface area contributed by atoms with Gasteiger partial charge in [-0.1, -0.05) is 36.4 Å². The first-order valence-corrected chi connectivity index (χ1v) is 10.3. The number of para-hydroxylation sites is 1. The number of aliphatic hydroxyl groups is 1. The molecule has 9 heteroatoms. The quantitative estimate of drug-likeness (QED) is 0.347. The maximum absolute atomic E-state index is 11.4. The van der Waals surface area contributed by atoms with Gasteiger partial charge in [0.15, 0.2) is 0 Å². The van der Waals surface area contributed by atoms with Crippen LogP contribution in [0.1, 0.15) is 36.3 Å². The molecule has 0 radical (unpaired) electrons. The molecule has 0 aliphatic heterocycles. The second-order valence-corrected chi connectivity index (χ2v) is 7.62. The molecule has 2 aromatic carbocycles. The van der Waals surface area contributed by atoms with Crippen LogP contribution < -0.4 is 4.74 Å². The fourth-order valence-electron chi connectivity index (χ4n) is 3.64. The van der Waals surface area contributed by atoms with Gasteiger partial charge < -0.3 is 14.9 Å². The SMILES string of the molecule is O=C(O)CC(O)(CCCc1nnn[nH]1)c1cccc(OCc2ccc3ccccc3n2)c1. The number of carboxylic acid groups (broad SMARTS) is 1. The summed E-state index contributed by atoms with van der Waals surface area (Å²) in [6.45, 7) is 0.254. The van der Waals surface area contributed by atoms with Gasteiger partial charge in [-0.3, -0.25) is 4.79 Å². The molecule has 0 saturated carbocycles. The number of carbonyl (C=O) groups is 1. The lowest BCUT2D eigenvalue weighted by atomic mass is 9.85. The van der Waals surface area contributed by atoms with Gasteiger partial charge >= 0.3 is 5.97 Å². The van der Waals surface area contributed by atoms with Gasteiger partial charge in [0.2, 0.25) is 0 Å². The third-order valence-electron chi connectivity index (χ3n) is 5.25. The van der Waals surface area contributed by atoms with Crippen LogP contribution in [-0.4, -0.2) is 41.8 Å². The highest BCUT2D eigenvalue weighted by atomic mass is 16.5. The molecule has 4 rings (SSSR count). The summed E-state index contributed by atoms with van der Waals surface area (Å²) in [7, 11) is 0. The molecule has 3 N–H and O–H groups in total. The Kier molecular flexibility index (Phi) is 6.37. The average Bonchev–Trinajstić information content (AvgIpc) is 3.31. The standard InChI is InChI=1S/C23H23N5O4/c29-22(30)14-23(31,12-4-9-21-25-27-28-26-21)17-6-3-7-19(13-17)32-15-18-11-10-16-5-1-2-8-20(16)24-18/h1-3,5-8,10-11,13,31H,4,9,12,14-15H2,(H,29,30)(H,25,26,27,28). The van der Waals surface area contributed by atoms with E-state index >= 15 is 0 Å². The van der Waals surface area contributed by atoms with Crippen LogP contribution in [0.3, 0.4) is 0 Å². The van der Waals surface area contributed by atoms with Gasteiger partial charge in [0.05, 0.1) is 17.6 Å². The Morgan fingerprint density at radius 2 is 1.97 bits per heavy atom. The molecule has 4 aromatic rings. The van der Waals surface area contributed by atoms with E-state index in [0.717, 1.165) is 16.6 Å². The van der Waals surface area contributed by atoms with Crippen molar-refractivity contribution >= 4 is 16.9 Å². The van der Waals surface area contributed by atoms with E-state index in [1.54, 1.807) is 24.3 Å². The van der Waals surface area contributed by atoms with Crippen LogP contribution in [0.25, 0.3) is 10.9 Å². The lowest BCUT2D eigenvalue weighted by Crippen LogP contribution is -2.29. The number of nitrogens with one attached hydrogen (secondary N) is 1. The molecule has 0 aliphatic rings. The Labute approximate surface area is 184 Å². The third-order valence-corrected chi connectivity index (χ3v) is 5.25. The first-order valence-electron chi connectivity index (χ1n) is 10.3. The number of carboxylic acids is 1. The van der Waals surface area contributed by atoms with Crippen LogP contribution in [0.4, 0.5) is 0 Å². The number of hydrogen-bond acceptors (Lipinski definition) is 7. The zero-order valence-corrected chi connectivity index (χ0v) is 17.3. The molecular formula is C23H23N5O4. The molecule has 2 aromatic heterocycles. The third kappa shape index (κ3) is 5.25. The monoisotopic (exact) mass is 433 g/mol. The summed E-state index contributed by atoms with van der Waals surface area (Å²) in [4.78, 5) is 16.0. The van der Waals surface area contributed by atoms with E-state index in [9.17, 15) is 15.0 Å². The largest absolute Gasteiger partial charge is 0.487 e. The number of nitrogens with zero attached hydrogens (tertiary/aromatic N) is 4. The van der Waals surface area contributed by atoms with Gasteiger partial charge in [0.25, 0.3) is 0 Å². The Balaban J connectivity index is 1.46. The highest BCUT2D eigenvalue weighted by Crippen LogP contribution is 2.33. The van der Waals surface area contributed by atoms with Crippen molar-refractivity contribution in [3.63, 3.8) is 0 Å². The van der Waals surface area contributed by atoms with Crippen LogP contribution >= 0.6 is 0 Å². The van der Waals surface area contributed by atoms with Crippen LogP contribution in [0.2, 0.25) is 0 Å². The molecule has 0 fully saturated rings. The van der Waals surface area contributed by atoms with E-state index in [2.05, 4.69) is 25.6 Å². The van der Waals surface area contributed by atoms with Gasteiger partial charge in [0.1, 0.15) is 23.8 Å². The number of aliphatic carboxylic acids is 1. The molecule has 2 heterocycles. The number of H-pyrrole nitrogens is 1. The van der Waals surface area contributed by atoms with Gasteiger partial charge in [-0.2, -0.15) is 0 Å². The summed E-state index contributed by atoms with van der Waals surface area (Å²) in [5.41, 5.74) is 0.607. The first-order chi connectivity index (χ1) is 15.5. The maximum atomic E-state index is 11.4. The summed E-state index contributed by atoms with van der Waals surface area (Å²) < 4.78 is 5.89. The molecule has 164 valence electrons. The molecule has 32 heavy (non-hydrogen) atoms. The summed E-state index contributed by atoms with van der Waals surface area (Å²) in [6.07, 6.45) is 0.818. The molecule has 0 saturated heterocycles. The van der Waals surface area contributed by atoms with E-state index < -0.39 is 18.0 Å². The Morgan fingerprint density at radius 1 is 1.09 bits per heavy atom. The number of aromatic amines is 1. The lowest BCUT2D eigenvalue weighted by molar-refractivity contribution is -0.143. The molecule has 0 amide bonds. The molecular weight excluding hydrogens is 410 g/mol. The Bertz CT molecular complexity index is 1200. The van der Waals surface area contributed by atoms with Gasteiger partial charge in [0, 0.05) is 11.8 Å². The van der Waals surface area contributed by atoms with E-state index in [4.69, 9.17) is 4.74 Å². The highest BCUT2D eigenvalue weighted by molar-refractivity contribution is 5.78. The Morgan fingerprint density at radius 3 is 2.78 bits per heavy atom. The zero-order valence-electron chi connectivity index (χ0n) is 17.3. The number of rotatable bonds is 10. The van der Waals surface area contributed by atoms with Crippen molar-refractivity contribution in [2.45, 2.75) is 37.9 Å². The van der Waals surface area contributed by atoms with Crippen molar-refractivity contribution in [1.82, 2.24) is 25.6 Å². The predicted molar refractivity (Wildman–Crippen MR) is 116 cm³/mol. The second-order valence-electron chi connectivity index (χ2n) is 7.62. The number of aromatic nitrogens is 5. The van der Waals surface area contributed by atoms with Crippen molar-refractivity contribution < 1.29 is 19.7 Å². The number of ether oxygens (including phenoxy) is 1. The minimum atomic E-state index is -1.54. The van der Waals surface area contributed by atoms with Crippen LogP contribution in [0.15, 0.2) is 60.7 Å². The fourth-order valence-corrected chi connectivity index (χ4v) is 3.64. The number of aryl methyl sites for hydroxylation is 1. The van der Waals surface area contributed by atoms with Crippen molar-refractivity contribution in [1.29, 1.82) is 0 Å². The van der Waals surface area contributed by atoms with E-state index in [0.29, 0.717) is 30.0 Å². The van der Waals surface area contributed by atoms with Crippen molar-refractivity contribution in [2.24, 2.45) is 0 Å². The minimum absolute atomic E-state index is 0.232. The van der Waals surface area contributed by atoms with Crippen molar-refractivity contribution in [2.75, 3.05) is 0 Å². The van der Waals surface area contributed by atoms with Gasteiger partial charge in [-0.15, -0.1) is 5.10 Å². The zero-order chi connectivity index (χ0) is 22.4. The molecule has 9 nitrogen and oxygen atoms in total. The summed E-state index contributed by atoms with van der Waals surface area (Å²) >= 11 is 0. The summed E-state index contributed by atoms with van der Waals surface area (Å²) in [5.74, 6) is 0.0314. The fraction of sp³-hybridized carbons (Fsp3) is 0.261. The van der Waals surface area contributed by atoms with Gasteiger partial charge in [-0.05, 0) is 53.1 Å². The number of tetrazole rings is 1. The smallest absolute Gasteiger partial charge is 0.306 e. The average molecular weight is 433 g/mol. The van der Waals surface area contributed by atoms with Crippen LogP contribution in [0, 0.1) is 0 Å². The van der Waals surface area contributed by atoms with Gasteiger partial charge in [-0.25, -0.2) is 10.1 Å². The highest BCUT2D eigenvalue weighted by Gasteiger charge is 2.32. The normalized spacial score (nSPS) is 13.0. The van der Waals surface area contributed by atoms with Crippen molar-refractivity contribution in [3.05, 3.63) is 77.7 Å². The first kappa shape index (κ1) is 21.4. The van der Waals surface area contributed by atoms with E-state index in [-0.39, 0.29) is 13.0 Å². The van der Waals surface area contributed by atoms with Crippen LogP contribution in [-0.2, 0) is 23.4 Å². The van der Waals surface area contributed by atoms with E-state index in [1.165, 1.54) is 0 Å². The number of hydrogen-bond donors (Lipinski definition) is 3.